The highest BCUT2D eigenvalue weighted by Gasteiger charge is 2.26. The standard InChI is InChI=1S/C11H11F3N4S/c1-18-9(8-2-5-15-6-3-8)16-17-10(18)19-7-4-11(12,13)14/h2-3,5-6H,4,7H2,1H3. The van der Waals surface area contributed by atoms with Crippen LogP contribution in [0.15, 0.2) is 29.7 Å². The van der Waals surface area contributed by atoms with E-state index in [1.165, 1.54) is 0 Å². The first kappa shape index (κ1) is 13.9. The molecule has 0 saturated carbocycles. The van der Waals surface area contributed by atoms with Gasteiger partial charge in [-0.25, -0.2) is 0 Å². The molecule has 102 valence electrons. The zero-order valence-corrected chi connectivity index (χ0v) is 10.9. The largest absolute Gasteiger partial charge is 0.389 e. The summed E-state index contributed by atoms with van der Waals surface area (Å²) >= 11 is 1.04. The number of hydrogen-bond acceptors (Lipinski definition) is 4. The minimum Gasteiger partial charge on any atom is -0.305 e. The maximum Gasteiger partial charge on any atom is 0.389 e. The van der Waals surface area contributed by atoms with Crippen molar-refractivity contribution in [1.82, 2.24) is 19.7 Å². The topological polar surface area (TPSA) is 43.6 Å². The van der Waals surface area contributed by atoms with Gasteiger partial charge in [0.15, 0.2) is 11.0 Å². The van der Waals surface area contributed by atoms with Crippen LogP contribution in [0.5, 0.6) is 0 Å². The van der Waals surface area contributed by atoms with Crippen LogP contribution in [0.3, 0.4) is 0 Å². The number of hydrogen-bond donors (Lipinski definition) is 0. The van der Waals surface area contributed by atoms with Gasteiger partial charge in [0.25, 0.3) is 0 Å². The average molecular weight is 288 g/mol. The van der Waals surface area contributed by atoms with Crippen molar-refractivity contribution in [3.8, 4) is 11.4 Å². The van der Waals surface area contributed by atoms with Gasteiger partial charge in [-0.2, -0.15) is 13.2 Å². The van der Waals surface area contributed by atoms with Crippen LogP contribution in [0.2, 0.25) is 0 Å². The molecule has 0 unspecified atom stereocenters. The minimum atomic E-state index is -4.14. The van der Waals surface area contributed by atoms with E-state index in [1.54, 1.807) is 36.1 Å². The molecule has 0 spiro atoms. The Morgan fingerprint density at radius 2 is 1.89 bits per heavy atom. The van der Waals surface area contributed by atoms with Crippen LogP contribution < -0.4 is 0 Å². The highest BCUT2D eigenvalue weighted by Crippen LogP contribution is 2.26. The van der Waals surface area contributed by atoms with E-state index in [4.69, 9.17) is 0 Å². The Kier molecular flexibility index (Phi) is 4.08. The molecule has 0 aliphatic heterocycles. The summed E-state index contributed by atoms with van der Waals surface area (Å²) in [5.41, 5.74) is 0.827. The molecule has 0 aromatic carbocycles. The number of pyridine rings is 1. The van der Waals surface area contributed by atoms with Crippen LogP contribution in [0.25, 0.3) is 11.4 Å². The quantitative estimate of drug-likeness (QED) is 0.811. The fraction of sp³-hybridized carbons (Fsp3) is 0.364. The Morgan fingerprint density at radius 3 is 2.53 bits per heavy atom. The zero-order valence-electron chi connectivity index (χ0n) is 10.1. The monoisotopic (exact) mass is 288 g/mol. The van der Waals surface area contributed by atoms with Gasteiger partial charge in [-0.3, -0.25) is 4.98 Å². The predicted octanol–water partition coefficient (Wildman–Crippen LogP) is 2.92. The molecule has 0 saturated heterocycles. The van der Waals surface area contributed by atoms with Crippen molar-refractivity contribution in [1.29, 1.82) is 0 Å². The van der Waals surface area contributed by atoms with E-state index in [0.29, 0.717) is 11.0 Å². The van der Waals surface area contributed by atoms with Crippen molar-refractivity contribution in [2.75, 3.05) is 5.75 Å². The van der Waals surface area contributed by atoms with Gasteiger partial charge >= 0.3 is 6.18 Å². The Balaban J connectivity index is 2.07. The number of aromatic nitrogens is 4. The summed E-state index contributed by atoms with van der Waals surface area (Å²) in [5.74, 6) is 0.545. The first-order valence-corrected chi connectivity index (χ1v) is 6.45. The lowest BCUT2D eigenvalue weighted by Crippen LogP contribution is -2.08. The molecular formula is C11H11F3N4S. The van der Waals surface area contributed by atoms with E-state index in [-0.39, 0.29) is 5.75 Å². The van der Waals surface area contributed by atoms with E-state index in [2.05, 4.69) is 15.2 Å². The summed E-state index contributed by atoms with van der Waals surface area (Å²) in [6.45, 7) is 0. The Morgan fingerprint density at radius 1 is 1.21 bits per heavy atom. The highest BCUT2D eigenvalue weighted by molar-refractivity contribution is 7.99. The minimum absolute atomic E-state index is 0.0637. The normalized spacial score (nSPS) is 11.8. The van der Waals surface area contributed by atoms with E-state index < -0.39 is 12.6 Å². The summed E-state index contributed by atoms with van der Waals surface area (Å²) in [6.07, 6.45) is -1.73. The molecule has 0 N–H and O–H groups in total. The highest BCUT2D eigenvalue weighted by atomic mass is 32.2. The third-order valence-corrected chi connectivity index (χ3v) is 3.41. The second kappa shape index (κ2) is 5.60. The van der Waals surface area contributed by atoms with Gasteiger partial charge in [0.1, 0.15) is 0 Å². The predicted molar refractivity (Wildman–Crippen MR) is 65.6 cm³/mol. The number of halogens is 3. The molecule has 0 atom stereocenters. The van der Waals surface area contributed by atoms with Gasteiger partial charge in [0.05, 0.1) is 6.42 Å². The smallest absolute Gasteiger partial charge is 0.305 e. The van der Waals surface area contributed by atoms with Crippen molar-refractivity contribution in [2.24, 2.45) is 7.05 Å². The molecule has 0 aliphatic carbocycles. The van der Waals surface area contributed by atoms with Gasteiger partial charge in [0, 0.05) is 30.8 Å². The van der Waals surface area contributed by atoms with Crippen molar-refractivity contribution < 1.29 is 13.2 Å². The second-order valence-corrected chi connectivity index (χ2v) is 4.88. The lowest BCUT2D eigenvalue weighted by atomic mass is 10.2. The fourth-order valence-corrected chi connectivity index (χ4v) is 2.35. The lowest BCUT2D eigenvalue weighted by molar-refractivity contribution is -0.129. The third kappa shape index (κ3) is 3.69. The Hall–Kier alpha value is -1.57. The summed E-state index contributed by atoms with van der Waals surface area (Å²) in [5, 5.41) is 8.35. The van der Waals surface area contributed by atoms with E-state index >= 15 is 0 Å². The van der Waals surface area contributed by atoms with Gasteiger partial charge in [-0.1, -0.05) is 11.8 Å². The molecule has 8 heteroatoms. The average Bonchev–Trinajstić information content (AvgIpc) is 2.71. The maximum atomic E-state index is 12.1. The molecule has 2 aromatic heterocycles. The molecule has 0 bridgehead atoms. The number of thioether (sulfide) groups is 1. The van der Waals surface area contributed by atoms with E-state index in [0.717, 1.165) is 17.3 Å². The van der Waals surface area contributed by atoms with E-state index in [9.17, 15) is 13.2 Å². The molecule has 0 fully saturated rings. The molecule has 19 heavy (non-hydrogen) atoms. The van der Waals surface area contributed by atoms with Crippen molar-refractivity contribution >= 4 is 11.8 Å². The number of alkyl halides is 3. The van der Waals surface area contributed by atoms with Crippen molar-refractivity contribution in [3.05, 3.63) is 24.5 Å². The Bertz CT molecular complexity index is 539. The van der Waals surface area contributed by atoms with Crippen LogP contribution in [0, 0.1) is 0 Å². The molecule has 2 aromatic rings. The van der Waals surface area contributed by atoms with Gasteiger partial charge in [0.2, 0.25) is 0 Å². The molecule has 0 radical (unpaired) electrons. The van der Waals surface area contributed by atoms with Gasteiger partial charge in [-0.15, -0.1) is 10.2 Å². The SMILES string of the molecule is Cn1c(SCCC(F)(F)F)nnc1-c1ccncc1. The fourth-order valence-electron chi connectivity index (χ4n) is 1.45. The summed E-state index contributed by atoms with van der Waals surface area (Å²) < 4.78 is 37.9. The molecular weight excluding hydrogens is 277 g/mol. The van der Waals surface area contributed by atoms with Crippen LogP contribution in [0.1, 0.15) is 6.42 Å². The van der Waals surface area contributed by atoms with Gasteiger partial charge in [-0.05, 0) is 12.1 Å². The van der Waals surface area contributed by atoms with E-state index in [1.807, 2.05) is 0 Å². The summed E-state index contributed by atoms with van der Waals surface area (Å²) in [6, 6.07) is 3.54. The van der Waals surface area contributed by atoms with Crippen LogP contribution in [-0.4, -0.2) is 31.7 Å². The van der Waals surface area contributed by atoms with Crippen LogP contribution >= 0.6 is 11.8 Å². The summed E-state index contributed by atoms with van der Waals surface area (Å²) in [4.78, 5) is 3.90. The maximum absolute atomic E-state index is 12.1. The van der Waals surface area contributed by atoms with Crippen molar-refractivity contribution in [2.45, 2.75) is 17.8 Å². The molecule has 0 aliphatic rings. The van der Waals surface area contributed by atoms with Gasteiger partial charge < -0.3 is 4.57 Å². The molecule has 4 nitrogen and oxygen atoms in total. The van der Waals surface area contributed by atoms with Crippen LogP contribution in [0.4, 0.5) is 13.2 Å². The number of nitrogens with zero attached hydrogens (tertiary/aromatic N) is 4. The molecule has 2 heterocycles. The molecule has 2 rings (SSSR count). The van der Waals surface area contributed by atoms with Crippen LogP contribution in [-0.2, 0) is 7.05 Å². The zero-order chi connectivity index (χ0) is 13.9. The second-order valence-electron chi connectivity index (χ2n) is 3.81. The Labute approximate surface area is 112 Å². The first-order valence-electron chi connectivity index (χ1n) is 5.47. The number of rotatable bonds is 4. The summed E-state index contributed by atoms with van der Waals surface area (Å²) in [7, 11) is 1.73. The third-order valence-electron chi connectivity index (χ3n) is 2.39. The lowest BCUT2D eigenvalue weighted by Gasteiger charge is -2.06. The molecule has 0 amide bonds. The first-order chi connectivity index (χ1) is 8.97. The van der Waals surface area contributed by atoms with Crippen molar-refractivity contribution in [3.63, 3.8) is 0 Å².